The first-order valence-electron chi connectivity index (χ1n) is 10.7. The molecular formula is C26H24N2O5. The number of aromatic nitrogens is 1. The van der Waals surface area contributed by atoms with Crippen LogP contribution in [0, 0.1) is 0 Å². The van der Waals surface area contributed by atoms with Crippen molar-refractivity contribution < 1.29 is 23.5 Å². The Kier molecular flexibility index (Phi) is 6.40. The summed E-state index contributed by atoms with van der Waals surface area (Å²) in [5, 5.41) is 0.496. The van der Waals surface area contributed by atoms with Crippen LogP contribution in [-0.4, -0.2) is 30.1 Å². The van der Waals surface area contributed by atoms with Crippen molar-refractivity contribution in [3.05, 3.63) is 71.9 Å². The number of esters is 2. The SMILES string of the molecule is CCOC(=O)Cc1nc2oc(-c3ccccc3)c(-c3ccccc3)c2c(N)c1C(=O)OCC. The Bertz CT molecular complexity index is 1300. The summed E-state index contributed by atoms with van der Waals surface area (Å²) < 4.78 is 16.5. The number of nitrogen functional groups attached to an aromatic ring is 1. The molecule has 168 valence electrons. The Labute approximate surface area is 191 Å². The van der Waals surface area contributed by atoms with Crippen LogP contribution < -0.4 is 5.73 Å². The van der Waals surface area contributed by atoms with E-state index < -0.39 is 11.9 Å². The molecule has 0 atom stereocenters. The summed E-state index contributed by atoms with van der Waals surface area (Å²) >= 11 is 0. The number of pyridine rings is 1. The van der Waals surface area contributed by atoms with Crippen LogP contribution in [0.1, 0.15) is 29.9 Å². The van der Waals surface area contributed by atoms with Crippen molar-refractivity contribution in [3.63, 3.8) is 0 Å². The zero-order chi connectivity index (χ0) is 23.4. The molecule has 7 heteroatoms. The molecule has 0 radical (unpaired) electrons. The van der Waals surface area contributed by atoms with Crippen molar-refractivity contribution in [1.29, 1.82) is 0 Å². The van der Waals surface area contributed by atoms with Crippen molar-refractivity contribution in [2.24, 2.45) is 0 Å². The Morgan fingerprint density at radius 3 is 2.12 bits per heavy atom. The van der Waals surface area contributed by atoms with E-state index in [4.69, 9.17) is 19.6 Å². The van der Waals surface area contributed by atoms with Gasteiger partial charge in [0, 0.05) is 11.1 Å². The summed E-state index contributed by atoms with van der Waals surface area (Å²) in [5.74, 6) is -0.600. The Morgan fingerprint density at radius 1 is 0.909 bits per heavy atom. The second-order valence-corrected chi connectivity index (χ2v) is 7.27. The van der Waals surface area contributed by atoms with E-state index in [1.807, 2.05) is 60.7 Å². The molecule has 0 aliphatic carbocycles. The number of hydrogen-bond acceptors (Lipinski definition) is 7. The number of benzene rings is 2. The predicted octanol–water partition coefficient (Wildman–Crippen LogP) is 5.03. The van der Waals surface area contributed by atoms with Gasteiger partial charge in [-0.1, -0.05) is 60.7 Å². The molecule has 0 amide bonds. The molecule has 0 spiro atoms. The lowest BCUT2D eigenvalue weighted by Crippen LogP contribution is -2.17. The van der Waals surface area contributed by atoms with E-state index in [2.05, 4.69) is 4.98 Å². The summed E-state index contributed by atoms with van der Waals surface area (Å²) in [5.41, 5.74) is 9.58. The van der Waals surface area contributed by atoms with Gasteiger partial charge >= 0.3 is 11.9 Å². The average molecular weight is 444 g/mol. The summed E-state index contributed by atoms with van der Waals surface area (Å²) in [6.07, 6.45) is -0.232. The maximum atomic E-state index is 12.9. The molecule has 0 saturated carbocycles. The average Bonchev–Trinajstić information content (AvgIpc) is 3.20. The quantitative estimate of drug-likeness (QED) is 0.399. The highest BCUT2D eigenvalue weighted by molar-refractivity contribution is 6.12. The maximum Gasteiger partial charge on any atom is 0.342 e. The minimum atomic E-state index is -0.648. The van der Waals surface area contributed by atoms with Crippen LogP contribution in [0.3, 0.4) is 0 Å². The number of furan rings is 1. The number of ether oxygens (including phenoxy) is 2. The smallest absolute Gasteiger partial charge is 0.342 e. The standard InChI is InChI=1S/C26H24N2O5/c1-3-31-19(29)15-18-21(26(30)32-4-2)23(27)22-20(16-11-7-5-8-12-16)24(33-25(22)28-18)17-13-9-6-10-14-17/h5-14H,3-4,15H2,1-2H3,(H2,27,28). The highest BCUT2D eigenvalue weighted by Gasteiger charge is 2.28. The van der Waals surface area contributed by atoms with Crippen LogP contribution in [0.2, 0.25) is 0 Å². The van der Waals surface area contributed by atoms with Crippen molar-refractivity contribution >= 4 is 28.7 Å². The lowest BCUT2D eigenvalue weighted by molar-refractivity contribution is -0.142. The molecule has 0 aliphatic rings. The van der Waals surface area contributed by atoms with E-state index in [9.17, 15) is 9.59 Å². The number of carbonyl (C=O) groups excluding carboxylic acids is 2. The Morgan fingerprint density at radius 2 is 1.52 bits per heavy atom. The summed E-state index contributed by atoms with van der Waals surface area (Å²) in [4.78, 5) is 29.6. The van der Waals surface area contributed by atoms with Gasteiger partial charge in [-0.25, -0.2) is 9.78 Å². The normalized spacial score (nSPS) is 10.8. The van der Waals surface area contributed by atoms with Crippen molar-refractivity contribution in [1.82, 2.24) is 4.98 Å². The topological polar surface area (TPSA) is 105 Å². The van der Waals surface area contributed by atoms with Crippen LogP contribution in [-0.2, 0) is 20.7 Å². The maximum absolute atomic E-state index is 12.9. The van der Waals surface area contributed by atoms with Gasteiger partial charge in [0.2, 0.25) is 5.71 Å². The molecule has 2 aromatic heterocycles. The number of carbonyl (C=O) groups is 2. The zero-order valence-corrected chi connectivity index (χ0v) is 18.5. The fourth-order valence-electron chi connectivity index (χ4n) is 3.79. The molecule has 2 aromatic carbocycles. The summed E-state index contributed by atoms with van der Waals surface area (Å²) in [7, 11) is 0. The molecule has 0 saturated heterocycles. The number of rotatable bonds is 7. The Balaban J connectivity index is 2.04. The van der Waals surface area contributed by atoms with E-state index in [0.717, 1.165) is 16.7 Å². The van der Waals surface area contributed by atoms with E-state index in [0.29, 0.717) is 11.1 Å². The largest absolute Gasteiger partial charge is 0.466 e. The number of fused-ring (bicyclic) bond motifs is 1. The molecular weight excluding hydrogens is 420 g/mol. The molecule has 0 bridgehead atoms. The molecule has 0 fully saturated rings. The lowest BCUT2D eigenvalue weighted by atomic mass is 9.96. The second kappa shape index (κ2) is 9.56. The van der Waals surface area contributed by atoms with Gasteiger partial charge < -0.3 is 19.6 Å². The minimum absolute atomic E-state index is 0.0509. The van der Waals surface area contributed by atoms with Gasteiger partial charge in [0.15, 0.2) is 0 Å². The van der Waals surface area contributed by atoms with E-state index >= 15 is 0 Å². The molecule has 2 N–H and O–H groups in total. The molecule has 7 nitrogen and oxygen atoms in total. The summed E-state index contributed by atoms with van der Waals surface area (Å²) in [6, 6.07) is 19.2. The van der Waals surface area contributed by atoms with Crippen LogP contribution in [0.5, 0.6) is 0 Å². The highest BCUT2D eigenvalue weighted by Crippen LogP contribution is 2.44. The van der Waals surface area contributed by atoms with Gasteiger partial charge in [-0.3, -0.25) is 4.79 Å². The highest BCUT2D eigenvalue weighted by atomic mass is 16.5. The molecule has 4 aromatic rings. The fraction of sp³-hybridized carbons (Fsp3) is 0.192. The fourth-order valence-corrected chi connectivity index (χ4v) is 3.79. The molecule has 0 unspecified atom stereocenters. The second-order valence-electron chi connectivity index (χ2n) is 7.27. The first kappa shape index (κ1) is 22.1. The van der Waals surface area contributed by atoms with Crippen LogP contribution in [0.15, 0.2) is 65.1 Å². The van der Waals surface area contributed by atoms with Gasteiger partial charge in [-0.05, 0) is 19.4 Å². The monoisotopic (exact) mass is 444 g/mol. The van der Waals surface area contributed by atoms with E-state index in [1.54, 1.807) is 13.8 Å². The number of anilines is 1. The first-order valence-corrected chi connectivity index (χ1v) is 10.7. The number of nitrogens with zero attached hydrogens (tertiary/aromatic N) is 1. The van der Waals surface area contributed by atoms with Crippen molar-refractivity contribution in [3.8, 4) is 22.5 Å². The number of nitrogens with two attached hydrogens (primary N) is 1. The molecule has 4 rings (SSSR count). The Hall–Kier alpha value is -4.13. The molecule has 33 heavy (non-hydrogen) atoms. The summed E-state index contributed by atoms with van der Waals surface area (Å²) in [6.45, 7) is 3.77. The van der Waals surface area contributed by atoms with Crippen LogP contribution >= 0.6 is 0 Å². The lowest BCUT2D eigenvalue weighted by Gasteiger charge is -2.12. The minimum Gasteiger partial charge on any atom is -0.466 e. The first-order chi connectivity index (χ1) is 16.0. The molecule has 2 heterocycles. The van der Waals surface area contributed by atoms with Gasteiger partial charge in [0.25, 0.3) is 0 Å². The van der Waals surface area contributed by atoms with Crippen molar-refractivity contribution in [2.45, 2.75) is 20.3 Å². The van der Waals surface area contributed by atoms with Crippen LogP contribution in [0.25, 0.3) is 33.6 Å². The van der Waals surface area contributed by atoms with Crippen LogP contribution in [0.4, 0.5) is 5.69 Å². The van der Waals surface area contributed by atoms with Gasteiger partial charge in [-0.15, -0.1) is 0 Å². The van der Waals surface area contributed by atoms with E-state index in [1.165, 1.54) is 0 Å². The van der Waals surface area contributed by atoms with E-state index in [-0.39, 0.29) is 42.3 Å². The number of hydrogen-bond donors (Lipinski definition) is 1. The van der Waals surface area contributed by atoms with Gasteiger partial charge in [0.1, 0.15) is 11.3 Å². The van der Waals surface area contributed by atoms with Gasteiger partial charge in [-0.2, -0.15) is 0 Å². The predicted molar refractivity (Wildman–Crippen MR) is 126 cm³/mol. The van der Waals surface area contributed by atoms with Crippen molar-refractivity contribution in [2.75, 3.05) is 18.9 Å². The third-order valence-corrected chi connectivity index (χ3v) is 5.15. The third-order valence-electron chi connectivity index (χ3n) is 5.15. The third kappa shape index (κ3) is 4.30. The van der Waals surface area contributed by atoms with Gasteiger partial charge in [0.05, 0.1) is 36.4 Å². The molecule has 0 aliphatic heterocycles. The zero-order valence-electron chi connectivity index (χ0n) is 18.5.